The molecule has 1 aromatic carbocycles. The largest absolute Gasteiger partial charge is 0.374 e. The van der Waals surface area contributed by atoms with Gasteiger partial charge in [0.15, 0.2) is 0 Å². The van der Waals surface area contributed by atoms with Crippen molar-refractivity contribution < 1.29 is 13.9 Å². The molecule has 1 heterocycles. The Labute approximate surface area is 130 Å². The fourth-order valence-electron chi connectivity index (χ4n) is 2.73. The van der Waals surface area contributed by atoms with Crippen molar-refractivity contribution in [1.82, 2.24) is 9.80 Å². The first-order chi connectivity index (χ1) is 10.4. The zero-order valence-corrected chi connectivity index (χ0v) is 13.2. The molecule has 0 spiro atoms. The lowest BCUT2D eigenvalue weighted by molar-refractivity contribution is -0.120. The molecule has 0 radical (unpaired) electrons. The van der Waals surface area contributed by atoms with E-state index in [0.29, 0.717) is 25.3 Å². The number of rotatable bonds is 6. The number of hydrogen-bond acceptors (Lipinski definition) is 4. The Kier molecular flexibility index (Phi) is 5.88. The van der Waals surface area contributed by atoms with Gasteiger partial charge in [0.2, 0.25) is 5.91 Å². The highest BCUT2D eigenvalue weighted by Crippen LogP contribution is 2.13. The molecule has 1 aliphatic heterocycles. The second-order valence-corrected chi connectivity index (χ2v) is 5.97. The zero-order valence-electron chi connectivity index (χ0n) is 13.2. The average molecular weight is 309 g/mol. The summed E-state index contributed by atoms with van der Waals surface area (Å²) in [6.45, 7) is 5.52. The molecule has 22 heavy (non-hydrogen) atoms. The lowest BCUT2D eigenvalue weighted by Gasteiger charge is -2.33. The van der Waals surface area contributed by atoms with E-state index in [1.165, 1.54) is 6.07 Å². The minimum absolute atomic E-state index is 0.0552. The van der Waals surface area contributed by atoms with Gasteiger partial charge in [-0.2, -0.15) is 0 Å². The number of carbonyl (C=O) groups excluding carboxylic acids is 1. The first kappa shape index (κ1) is 16.9. The number of nitrogens with two attached hydrogens (primary N) is 1. The molecule has 1 atom stereocenters. The molecule has 1 aliphatic rings. The van der Waals surface area contributed by atoms with E-state index >= 15 is 0 Å². The summed E-state index contributed by atoms with van der Waals surface area (Å²) < 4.78 is 19.1. The molecule has 5 nitrogen and oxygen atoms in total. The predicted molar refractivity (Wildman–Crippen MR) is 82.8 cm³/mol. The smallest absolute Gasteiger partial charge is 0.231 e. The summed E-state index contributed by atoms with van der Waals surface area (Å²) in [6, 6.07) is 5.00. The van der Waals surface area contributed by atoms with Crippen molar-refractivity contribution in [1.29, 1.82) is 0 Å². The molecule has 0 aromatic heterocycles. The van der Waals surface area contributed by atoms with Gasteiger partial charge in [-0.25, -0.2) is 4.39 Å². The van der Waals surface area contributed by atoms with Gasteiger partial charge >= 0.3 is 0 Å². The van der Waals surface area contributed by atoms with Gasteiger partial charge in [-0.3, -0.25) is 9.69 Å². The van der Waals surface area contributed by atoms with E-state index in [4.69, 9.17) is 10.5 Å². The Balaban J connectivity index is 2.01. The highest BCUT2D eigenvalue weighted by Gasteiger charge is 2.21. The number of primary amides is 1. The number of nitrogens with zero attached hydrogens (tertiary/aromatic N) is 2. The van der Waals surface area contributed by atoms with Crippen molar-refractivity contribution in [3.8, 4) is 0 Å². The van der Waals surface area contributed by atoms with Crippen LogP contribution in [0.3, 0.4) is 0 Å². The van der Waals surface area contributed by atoms with Gasteiger partial charge in [-0.1, -0.05) is 12.1 Å². The number of ether oxygens (including phenoxy) is 1. The van der Waals surface area contributed by atoms with Gasteiger partial charge in [0.05, 0.1) is 19.3 Å². The maximum atomic E-state index is 13.3. The van der Waals surface area contributed by atoms with Crippen LogP contribution in [0, 0.1) is 12.7 Å². The van der Waals surface area contributed by atoms with Crippen LogP contribution >= 0.6 is 0 Å². The molecule has 0 bridgehead atoms. The number of carbonyl (C=O) groups is 1. The number of halogens is 1. The zero-order chi connectivity index (χ0) is 16.1. The van der Waals surface area contributed by atoms with Crippen LogP contribution in [0.15, 0.2) is 18.2 Å². The number of hydrogen-bond donors (Lipinski definition) is 1. The Hall–Kier alpha value is -1.50. The van der Waals surface area contributed by atoms with E-state index in [1.807, 2.05) is 4.90 Å². The van der Waals surface area contributed by atoms with E-state index in [0.717, 1.165) is 18.7 Å². The fourth-order valence-corrected chi connectivity index (χ4v) is 2.73. The van der Waals surface area contributed by atoms with Crippen LogP contribution < -0.4 is 5.73 Å². The molecule has 6 heteroatoms. The second-order valence-electron chi connectivity index (χ2n) is 5.97. The van der Waals surface area contributed by atoms with Gasteiger partial charge in [0, 0.05) is 26.2 Å². The van der Waals surface area contributed by atoms with Crippen molar-refractivity contribution >= 4 is 5.91 Å². The third-order valence-electron chi connectivity index (χ3n) is 3.81. The standard InChI is InChI=1S/C16H24FN3O2/c1-12-7-13(3-4-15(12)17)8-20(11-16(18)21)10-14-9-19(2)5-6-22-14/h3-4,7,14H,5-6,8-11H2,1-2H3,(H2,18,21). The highest BCUT2D eigenvalue weighted by molar-refractivity contribution is 5.75. The third-order valence-corrected chi connectivity index (χ3v) is 3.81. The average Bonchev–Trinajstić information content (AvgIpc) is 2.42. The number of likely N-dealkylation sites (N-methyl/N-ethyl adjacent to an activating group) is 1. The summed E-state index contributed by atoms with van der Waals surface area (Å²) in [5, 5.41) is 0. The number of morpholine rings is 1. The highest BCUT2D eigenvalue weighted by atomic mass is 19.1. The minimum Gasteiger partial charge on any atom is -0.374 e. The fraction of sp³-hybridized carbons (Fsp3) is 0.562. The normalized spacial score (nSPS) is 19.5. The molecular weight excluding hydrogens is 285 g/mol. The van der Waals surface area contributed by atoms with Crippen LogP contribution in [-0.2, 0) is 16.1 Å². The van der Waals surface area contributed by atoms with E-state index in [1.54, 1.807) is 19.1 Å². The maximum Gasteiger partial charge on any atom is 0.231 e. The monoisotopic (exact) mass is 309 g/mol. The van der Waals surface area contributed by atoms with Crippen LogP contribution in [0.1, 0.15) is 11.1 Å². The topological polar surface area (TPSA) is 58.8 Å². The van der Waals surface area contributed by atoms with Gasteiger partial charge in [-0.05, 0) is 31.2 Å². The van der Waals surface area contributed by atoms with Crippen LogP contribution in [0.5, 0.6) is 0 Å². The Morgan fingerprint density at radius 3 is 2.95 bits per heavy atom. The summed E-state index contributed by atoms with van der Waals surface area (Å²) in [5.41, 5.74) is 6.91. The van der Waals surface area contributed by atoms with Crippen LogP contribution in [0.2, 0.25) is 0 Å². The Bertz CT molecular complexity index is 524. The van der Waals surface area contributed by atoms with Crippen molar-refractivity contribution in [2.45, 2.75) is 19.6 Å². The van der Waals surface area contributed by atoms with Crippen molar-refractivity contribution in [2.24, 2.45) is 5.73 Å². The molecule has 1 fully saturated rings. The van der Waals surface area contributed by atoms with Crippen molar-refractivity contribution in [2.75, 3.05) is 39.8 Å². The summed E-state index contributed by atoms with van der Waals surface area (Å²) in [5.74, 6) is -0.592. The Morgan fingerprint density at radius 2 is 2.32 bits per heavy atom. The van der Waals surface area contributed by atoms with E-state index in [-0.39, 0.29) is 24.4 Å². The molecule has 0 saturated carbocycles. The lowest BCUT2D eigenvalue weighted by atomic mass is 10.1. The molecule has 1 aromatic rings. The third kappa shape index (κ3) is 5.05. The molecular formula is C16H24FN3O2. The predicted octanol–water partition coefficient (Wildman–Crippen LogP) is 0.752. The van der Waals surface area contributed by atoms with Crippen molar-refractivity contribution in [3.63, 3.8) is 0 Å². The second kappa shape index (κ2) is 7.67. The molecule has 1 unspecified atom stereocenters. The molecule has 122 valence electrons. The Morgan fingerprint density at radius 1 is 1.55 bits per heavy atom. The molecule has 0 aliphatic carbocycles. The number of amides is 1. The van der Waals surface area contributed by atoms with Crippen LogP contribution in [0.25, 0.3) is 0 Å². The lowest BCUT2D eigenvalue weighted by Crippen LogP contribution is -2.47. The first-order valence-corrected chi connectivity index (χ1v) is 7.50. The SMILES string of the molecule is Cc1cc(CN(CC(N)=O)CC2CN(C)CCO2)ccc1F. The van der Waals surface area contributed by atoms with Gasteiger partial charge in [0.25, 0.3) is 0 Å². The van der Waals surface area contributed by atoms with E-state index in [9.17, 15) is 9.18 Å². The maximum absolute atomic E-state index is 13.3. The van der Waals surface area contributed by atoms with E-state index in [2.05, 4.69) is 11.9 Å². The first-order valence-electron chi connectivity index (χ1n) is 7.50. The van der Waals surface area contributed by atoms with Crippen molar-refractivity contribution in [3.05, 3.63) is 35.1 Å². The number of benzene rings is 1. The minimum atomic E-state index is -0.372. The number of aryl methyl sites for hydroxylation is 1. The summed E-state index contributed by atoms with van der Waals surface area (Å²) in [6.07, 6.45) is 0.0552. The summed E-state index contributed by atoms with van der Waals surface area (Å²) >= 11 is 0. The van der Waals surface area contributed by atoms with Crippen LogP contribution in [0.4, 0.5) is 4.39 Å². The molecule has 1 saturated heterocycles. The van der Waals surface area contributed by atoms with Gasteiger partial charge in [0.1, 0.15) is 5.82 Å². The van der Waals surface area contributed by atoms with E-state index < -0.39 is 0 Å². The van der Waals surface area contributed by atoms with Crippen LogP contribution in [-0.4, -0.2) is 61.6 Å². The molecule has 2 N–H and O–H groups in total. The van der Waals surface area contributed by atoms with Gasteiger partial charge < -0.3 is 15.4 Å². The summed E-state index contributed by atoms with van der Waals surface area (Å²) in [7, 11) is 2.05. The molecule has 1 amide bonds. The van der Waals surface area contributed by atoms with Gasteiger partial charge in [-0.15, -0.1) is 0 Å². The summed E-state index contributed by atoms with van der Waals surface area (Å²) in [4.78, 5) is 15.5. The quantitative estimate of drug-likeness (QED) is 0.842. The molecule has 2 rings (SSSR count).